The lowest BCUT2D eigenvalue weighted by Crippen LogP contribution is -1.69. The molecule has 11 aromatic heterocycles. The number of aromatic amines is 4. The van der Waals surface area contributed by atoms with E-state index in [9.17, 15) is 0 Å². The molecule has 102 heavy (non-hydrogen) atoms. The van der Waals surface area contributed by atoms with Crippen LogP contribution >= 0.6 is 22.9 Å². The molecule has 0 aliphatic heterocycles. The van der Waals surface area contributed by atoms with Gasteiger partial charge in [-0.1, -0.05) is 321 Å². The first-order valence-corrected chi connectivity index (χ1v) is 38.9. The van der Waals surface area contributed by atoms with Crippen molar-refractivity contribution in [1.29, 1.82) is 0 Å². The molecule has 0 radical (unpaired) electrons. The Kier molecular flexibility index (Phi) is 485. The highest BCUT2D eigenvalue weighted by molar-refractivity contribution is 7.07. The van der Waals surface area contributed by atoms with Crippen molar-refractivity contribution in [1.82, 2.24) is 132 Å². The summed E-state index contributed by atoms with van der Waals surface area (Å²) in [6, 6.07) is 11.1. The molecule has 11 aromatic rings. The summed E-state index contributed by atoms with van der Waals surface area (Å²) in [7, 11) is 0. The Morgan fingerprint density at radius 2 is 0.618 bits per heavy atom. The van der Waals surface area contributed by atoms with Crippen LogP contribution in [0.1, 0.15) is 305 Å². The highest BCUT2D eigenvalue weighted by Crippen LogP contribution is 1.81. The van der Waals surface area contributed by atoms with Crippen molar-refractivity contribution in [3.63, 3.8) is 0 Å². The summed E-state index contributed by atoms with van der Waals surface area (Å²) in [4.78, 5) is 21.8. The van der Waals surface area contributed by atoms with E-state index in [1.165, 1.54) is 80.0 Å². The van der Waals surface area contributed by atoms with Crippen molar-refractivity contribution < 1.29 is 8.94 Å². The fraction of sp³-hybridized carbons (Fsp3) is 0.611. The molecule has 11 heterocycles. The molecule has 0 atom stereocenters. The number of nitrogens with one attached hydrogen (secondary N) is 4. The Morgan fingerprint density at radius 3 is 0.716 bits per heavy atom. The van der Waals surface area contributed by atoms with Crippen molar-refractivity contribution in [3.8, 4) is 0 Å². The lowest BCUT2D eigenvalue weighted by molar-refractivity contribution is 0.416. The van der Waals surface area contributed by atoms with Crippen LogP contribution in [0.15, 0.2) is 181 Å². The molecule has 0 fully saturated rings. The average Bonchev–Trinajstić information content (AvgIpc) is 4.76. The average molecular weight is 1490 g/mol. The summed E-state index contributed by atoms with van der Waals surface area (Å²) in [5, 5.41) is 60.7. The van der Waals surface area contributed by atoms with Gasteiger partial charge >= 0.3 is 0 Å². The number of rotatable bonds is 0. The molecular formula is C72H164N26O2S2. The SMILES string of the molecule is CC.CC.CC.CC.CC.CC.CC.CC.CC.CC.CC.CC.CC.CC.CC.CC.CC.CC.CC.CC.CC.CC.c1ccncc1.c1ccnnc1.c1cn[nH]n1.c1cn[nH]n1.c1cncnc1.c1nc[nH]n1.c1ncon1.c1ncsn1.c1nn[nH]n1.c1nnco1.c1nncs1. The highest BCUT2D eigenvalue weighted by Gasteiger charge is 1.65. The van der Waals surface area contributed by atoms with Gasteiger partial charge in [-0.3, -0.25) is 10.1 Å². The second-order valence-electron chi connectivity index (χ2n) is 7.68. The largest absolute Gasteiger partial charge is 0.431 e. The smallest absolute Gasteiger partial charge is 0.213 e. The van der Waals surface area contributed by atoms with Crippen LogP contribution < -0.4 is 0 Å². The number of nitrogens with zero attached hydrogens (tertiary/aromatic N) is 22. The molecule has 11 rings (SSSR count). The molecule has 4 N–H and O–H groups in total. The predicted octanol–water partition coefficient (Wildman–Crippen LogP) is 24.4. The van der Waals surface area contributed by atoms with E-state index in [1.807, 2.05) is 335 Å². The molecule has 0 bridgehead atoms. The normalized spacial score (nSPS) is 5.84. The quantitative estimate of drug-likeness (QED) is 0.110. The third kappa shape index (κ3) is 307. The van der Waals surface area contributed by atoms with Gasteiger partial charge in [0.05, 0.1) is 24.8 Å². The van der Waals surface area contributed by atoms with E-state index in [4.69, 9.17) is 0 Å². The lowest BCUT2D eigenvalue weighted by atomic mass is 10.5. The van der Waals surface area contributed by atoms with Gasteiger partial charge in [-0.25, -0.2) is 24.9 Å². The van der Waals surface area contributed by atoms with Gasteiger partial charge in [0.2, 0.25) is 19.2 Å². The van der Waals surface area contributed by atoms with Gasteiger partial charge in [-0.2, -0.15) is 55.7 Å². The predicted molar refractivity (Wildman–Crippen MR) is 450 cm³/mol. The topological polar surface area (TPSA) is 373 Å². The van der Waals surface area contributed by atoms with E-state index in [0.29, 0.717) is 0 Å². The van der Waals surface area contributed by atoms with E-state index < -0.39 is 0 Å². The first-order chi connectivity index (χ1) is 51.0. The second-order valence-corrected chi connectivity index (χ2v) is 9.01. The Balaban J connectivity index is -0.0000000328. The molecule has 28 nitrogen and oxygen atoms in total. The van der Waals surface area contributed by atoms with Crippen LogP contribution in [-0.4, -0.2) is 132 Å². The van der Waals surface area contributed by atoms with Crippen LogP contribution in [0.3, 0.4) is 0 Å². The Morgan fingerprint density at radius 1 is 0.245 bits per heavy atom. The number of tetrazole rings is 1. The van der Waals surface area contributed by atoms with Gasteiger partial charge in [0.25, 0.3) is 0 Å². The maximum atomic E-state index is 4.36. The van der Waals surface area contributed by atoms with Crippen molar-refractivity contribution in [2.75, 3.05) is 0 Å². The standard InChI is InChI=1S/C5H5N.2C4H4N2.3C2H3N3.2C2H2N2O.2C2H2N2S.22C2H6.CH2N4/c1-2-4-6-5-3-1;1-2-5-4-6-3-1;1-2-4-6-5-3-1;1-3-2-5-4-1;2*1-2-4-5-3-1;1-3-4-2-5-1;1-3-2-5-4-1;1-3-4-2-5-1;1-3-2-5-4-1;22*1-2;1-2-4-5-3-1/h1-5H;2*1-4H;3*1-2H,(H,3,4,5);4*1-2H;22*1-2H3;1H,(H,2,3,4,5). The lowest BCUT2D eigenvalue weighted by Gasteiger charge is -1.70. The maximum absolute atomic E-state index is 4.36. The number of H-pyrrole nitrogens is 4. The molecule has 0 amide bonds. The summed E-state index contributed by atoms with van der Waals surface area (Å²) < 4.78 is 12.2. The molecular weight excluding hydrogens is 1330 g/mol. The van der Waals surface area contributed by atoms with Gasteiger partial charge < -0.3 is 8.94 Å². The summed E-state index contributed by atoms with van der Waals surface area (Å²) in [6.45, 7) is 88.0. The van der Waals surface area contributed by atoms with E-state index in [0.717, 1.165) is 0 Å². The Bertz CT molecular complexity index is 1440. The van der Waals surface area contributed by atoms with Gasteiger partial charge in [0.15, 0.2) is 12.7 Å². The minimum Gasteiger partial charge on any atom is -0.431 e. The summed E-state index contributed by atoms with van der Waals surface area (Å²) in [5.41, 5.74) is 5.04. The van der Waals surface area contributed by atoms with Crippen molar-refractivity contribution in [3.05, 3.63) is 172 Å². The van der Waals surface area contributed by atoms with Gasteiger partial charge in [-0.15, -0.1) is 41.9 Å². The minimum atomic E-state index is 1.26. The number of pyridine rings is 1. The van der Waals surface area contributed by atoms with Crippen LogP contribution in [0.2, 0.25) is 0 Å². The van der Waals surface area contributed by atoms with Gasteiger partial charge in [0.1, 0.15) is 41.8 Å². The fourth-order valence-corrected chi connectivity index (χ4v) is 2.54. The van der Waals surface area contributed by atoms with Gasteiger partial charge in [0, 0.05) is 37.2 Å². The Hall–Kier alpha value is -8.80. The van der Waals surface area contributed by atoms with Crippen LogP contribution in [-0.2, 0) is 0 Å². The first kappa shape index (κ1) is 156. The van der Waals surface area contributed by atoms with Crippen LogP contribution in [0.4, 0.5) is 0 Å². The number of aromatic nitrogens is 26. The third-order valence-corrected chi connectivity index (χ3v) is 4.79. The molecule has 606 valence electrons. The molecule has 0 aromatic carbocycles. The molecule has 0 unspecified atom stereocenters. The molecule has 0 aliphatic carbocycles. The fourth-order valence-electron chi connectivity index (χ4n) is 1.99. The molecule has 30 heteroatoms. The first-order valence-electron chi connectivity index (χ1n) is 37.1. The van der Waals surface area contributed by atoms with Crippen LogP contribution in [0.5, 0.6) is 0 Å². The molecule has 0 spiro atoms. The van der Waals surface area contributed by atoms with Gasteiger partial charge in [-0.05, 0) is 41.9 Å². The van der Waals surface area contributed by atoms with Crippen molar-refractivity contribution >= 4 is 22.9 Å². The van der Waals surface area contributed by atoms with E-state index in [1.54, 1.807) is 84.6 Å². The highest BCUT2D eigenvalue weighted by atomic mass is 32.1. The monoisotopic (exact) mass is 1490 g/mol. The summed E-state index contributed by atoms with van der Waals surface area (Å²) >= 11 is 2.84. The second kappa shape index (κ2) is 317. The third-order valence-electron chi connectivity index (χ3n) is 3.92. The van der Waals surface area contributed by atoms with Crippen molar-refractivity contribution in [2.45, 2.75) is 305 Å². The summed E-state index contributed by atoms with van der Waals surface area (Å²) in [5.74, 6) is 0. The molecule has 0 saturated carbocycles. The zero-order chi connectivity index (χ0) is 85.0. The van der Waals surface area contributed by atoms with E-state index in [2.05, 4.69) is 141 Å². The Labute approximate surface area is 637 Å². The van der Waals surface area contributed by atoms with Crippen LogP contribution in [0, 0.1) is 0 Å². The summed E-state index contributed by atoms with van der Waals surface area (Å²) in [6.07, 6.45) is 28.9. The number of hydrogen-bond acceptors (Lipinski definition) is 26. The van der Waals surface area contributed by atoms with E-state index >= 15 is 0 Å². The van der Waals surface area contributed by atoms with Crippen molar-refractivity contribution in [2.24, 2.45) is 0 Å². The maximum Gasteiger partial charge on any atom is 0.213 e. The zero-order valence-electron chi connectivity index (χ0n) is 73.6. The molecule has 0 saturated heterocycles. The van der Waals surface area contributed by atoms with Crippen LogP contribution in [0.25, 0.3) is 0 Å². The minimum absolute atomic E-state index is 1.26. The number of hydrogen-bond donors (Lipinski definition) is 4. The molecule has 0 aliphatic rings. The zero-order valence-corrected chi connectivity index (χ0v) is 75.3. The van der Waals surface area contributed by atoms with E-state index in [-0.39, 0.29) is 0 Å².